The number of aryl methyl sites for hydroxylation is 2. The van der Waals surface area contributed by atoms with Crippen molar-refractivity contribution in [3.05, 3.63) is 41.7 Å². The minimum atomic E-state index is -4.30. The molecule has 0 radical (unpaired) electrons. The summed E-state index contributed by atoms with van der Waals surface area (Å²) in [6, 6.07) is 6.46. The Morgan fingerprint density at radius 1 is 1.21 bits per heavy atom. The number of para-hydroxylation sites is 1. The van der Waals surface area contributed by atoms with E-state index < -0.39 is 7.60 Å². The second kappa shape index (κ2) is 5.29. The maximum Gasteiger partial charge on any atom is 0.358 e. The Bertz CT molecular complexity index is 609. The number of aromatic nitrogens is 2. The molecule has 0 saturated carbocycles. The maximum atomic E-state index is 11.5. The smallest absolute Gasteiger partial charge is 0.321 e. The second-order valence-electron chi connectivity index (χ2n) is 4.29. The van der Waals surface area contributed by atoms with Gasteiger partial charge in [-0.1, -0.05) is 26.0 Å². The van der Waals surface area contributed by atoms with Gasteiger partial charge < -0.3 is 9.79 Å². The number of hydrogen-bond acceptors (Lipinski definition) is 2. The van der Waals surface area contributed by atoms with Crippen LogP contribution in [0.1, 0.15) is 25.1 Å². The number of rotatable bonds is 4. The largest absolute Gasteiger partial charge is 0.358 e. The van der Waals surface area contributed by atoms with Crippen LogP contribution in [0.2, 0.25) is 0 Å². The Kier molecular flexibility index (Phi) is 3.90. The predicted molar refractivity (Wildman–Crippen MR) is 74.0 cm³/mol. The highest BCUT2D eigenvalue weighted by molar-refractivity contribution is 7.60. The highest BCUT2D eigenvalue weighted by atomic mass is 31.2. The van der Waals surface area contributed by atoms with E-state index in [0.717, 1.165) is 24.1 Å². The van der Waals surface area contributed by atoms with Crippen LogP contribution in [0.25, 0.3) is 5.69 Å². The maximum absolute atomic E-state index is 11.5. The third-order valence-corrected chi connectivity index (χ3v) is 4.04. The molecular formula is C13H17N2O3P. The Labute approximate surface area is 112 Å². The van der Waals surface area contributed by atoms with Crippen molar-refractivity contribution in [2.75, 3.05) is 0 Å². The van der Waals surface area contributed by atoms with Crippen LogP contribution in [0.4, 0.5) is 0 Å². The van der Waals surface area contributed by atoms with E-state index in [1.165, 1.54) is 6.07 Å². The first-order valence-corrected chi connectivity index (χ1v) is 7.81. The molecule has 1 aromatic heterocycles. The van der Waals surface area contributed by atoms with Crippen molar-refractivity contribution in [1.82, 2.24) is 9.78 Å². The van der Waals surface area contributed by atoms with E-state index in [1.54, 1.807) is 22.9 Å². The molecule has 0 atom stereocenters. The van der Waals surface area contributed by atoms with Gasteiger partial charge in [0.1, 0.15) is 0 Å². The van der Waals surface area contributed by atoms with Crippen LogP contribution in [-0.4, -0.2) is 19.6 Å². The van der Waals surface area contributed by atoms with Crippen LogP contribution in [-0.2, 0) is 17.4 Å². The molecule has 0 spiro atoms. The Balaban J connectivity index is 2.59. The first-order valence-electron chi connectivity index (χ1n) is 6.20. The van der Waals surface area contributed by atoms with Crippen LogP contribution in [0.15, 0.2) is 30.5 Å². The molecular weight excluding hydrogens is 263 g/mol. The summed E-state index contributed by atoms with van der Waals surface area (Å²) in [5.41, 5.74) is 2.50. The molecule has 0 amide bonds. The lowest BCUT2D eigenvalue weighted by Gasteiger charge is -2.10. The highest BCUT2D eigenvalue weighted by Gasteiger charge is 2.22. The normalized spacial score (nSPS) is 11.8. The fourth-order valence-corrected chi connectivity index (χ4v) is 2.82. The van der Waals surface area contributed by atoms with Gasteiger partial charge >= 0.3 is 7.60 Å². The number of nitrogens with zero attached hydrogens (tertiary/aromatic N) is 2. The summed E-state index contributed by atoms with van der Waals surface area (Å²) in [6.07, 6.45) is 3.49. The standard InChI is InChI=1S/C13H17N2O3P/c1-3-10-9-15(14-11(10)4-2)12-7-5-6-8-13(12)19(16,17)18/h5-9H,3-4H2,1-2H3,(H2,16,17,18). The first-order chi connectivity index (χ1) is 8.97. The third-order valence-electron chi connectivity index (χ3n) is 3.04. The van der Waals surface area contributed by atoms with E-state index >= 15 is 0 Å². The molecule has 0 fully saturated rings. The van der Waals surface area contributed by atoms with Crippen LogP contribution >= 0.6 is 7.60 Å². The zero-order chi connectivity index (χ0) is 14.0. The van der Waals surface area contributed by atoms with Gasteiger partial charge in [-0.05, 0) is 30.5 Å². The van der Waals surface area contributed by atoms with Gasteiger partial charge in [0.2, 0.25) is 0 Å². The summed E-state index contributed by atoms with van der Waals surface area (Å²) in [7, 11) is -4.30. The molecule has 5 nitrogen and oxygen atoms in total. The van der Waals surface area contributed by atoms with E-state index in [4.69, 9.17) is 0 Å². The van der Waals surface area contributed by atoms with Gasteiger partial charge in [0.15, 0.2) is 0 Å². The van der Waals surface area contributed by atoms with Crippen LogP contribution < -0.4 is 5.30 Å². The average molecular weight is 280 g/mol. The van der Waals surface area contributed by atoms with Gasteiger partial charge in [-0.3, -0.25) is 4.57 Å². The van der Waals surface area contributed by atoms with Crippen molar-refractivity contribution in [3.63, 3.8) is 0 Å². The van der Waals surface area contributed by atoms with Crippen molar-refractivity contribution < 1.29 is 14.4 Å². The molecule has 1 aromatic carbocycles. The summed E-state index contributed by atoms with van der Waals surface area (Å²) in [5, 5.41) is 4.42. The van der Waals surface area contributed by atoms with E-state index in [0.29, 0.717) is 5.69 Å². The van der Waals surface area contributed by atoms with Crippen LogP contribution in [0.5, 0.6) is 0 Å². The van der Waals surface area contributed by atoms with E-state index in [-0.39, 0.29) is 5.30 Å². The zero-order valence-electron chi connectivity index (χ0n) is 10.9. The van der Waals surface area contributed by atoms with Crippen molar-refractivity contribution in [2.45, 2.75) is 26.7 Å². The van der Waals surface area contributed by atoms with Crippen molar-refractivity contribution in [3.8, 4) is 5.69 Å². The predicted octanol–water partition coefficient (Wildman–Crippen LogP) is 1.80. The van der Waals surface area contributed by atoms with E-state index in [9.17, 15) is 14.4 Å². The first kappa shape index (κ1) is 14.0. The SMILES string of the molecule is CCc1cn(-c2ccccc2P(=O)(O)O)nc1CC. The van der Waals surface area contributed by atoms with Crippen LogP contribution in [0, 0.1) is 0 Å². The summed E-state index contributed by atoms with van der Waals surface area (Å²) in [4.78, 5) is 18.8. The molecule has 0 unspecified atom stereocenters. The lowest BCUT2D eigenvalue weighted by molar-refractivity contribution is 0.387. The van der Waals surface area contributed by atoms with Crippen molar-refractivity contribution in [1.29, 1.82) is 0 Å². The molecule has 19 heavy (non-hydrogen) atoms. The van der Waals surface area contributed by atoms with E-state index in [1.807, 2.05) is 20.0 Å². The average Bonchev–Trinajstić information content (AvgIpc) is 2.81. The third kappa shape index (κ3) is 2.78. The van der Waals surface area contributed by atoms with Crippen molar-refractivity contribution in [2.24, 2.45) is 0 Å². The Hall–Kier alpha value is -1.42. The fraction of sp³-hybridized carbons (Fsp3) is 0.308. The minimum absolute atomic E-state index is 0.00260. The molecule has 0 saturated heterocycles. The summed E-state index contributed by atoms with van der Waals surface area (Å²) in [5.74, 6) is 0. The number of benzene rings is 1. The Morgan fingerprint density at radius 3 is 2.42 bits per heavy atom. The summed E-state index contributed by atoms with van der Waals surface area (Å²) < 4.78 is 13.1. The molecule has 0 aliphatic heterocycles. The van der Waals surface area contributed by atoms with E-state index in [2.05, 4.69) is 5.10 Å². The minimum Gasteiger partial charge on any atom is -0.321 e. The quantitative estimate of drug-likeness (QED) is 0.837. The van der Waals surface area contributed by atoms with Gasteiger partial charge in [0, 0.05) is 6.20 Å². The summed E-state index contributed by atoms with van der Waals surface area (Å²) in [6.45, 7) is 4.05. The molecule has 102 valence electrons. The van der Waals surface area contributed by atoms with Crippen molar-refractivity contribution >= 4 is 12.9 Å². The van der Waals surface area contributed by atoms with Gasteiger partial charge in [0.25, 0.3) is 0 Å². The molecule has 6 heteroatoms. The lowest BCUT2D eigenvalue weighted by Crippen LogP contribution is -2.13. The number of hydrogen-bond donors (Lipinski definition) is 2. The van der Waals surface area contributed by atoms with Crippen LogP contribution in [0.3, 0.4) is 0 Å². The fourth-order valence-electron chi connectivity index (χ4n) is 2.07. The van der Waals surface area contributed by atoms with Gasteiger partial charge in [-0.2, -0.15) is 5.10 Å². The zero-order valence-corrected chi connectivity index (χ0v) is 11.8. The molecule has 0 aliphatic carbocycles. The van der Waals surface area contributed by atoms with Gasteiger partial charge in [0.05, 0.1) is 16.7 Å². The summed E-state index contributed by atoms with van der Waals surface area (Å²) >= 11 is 0. The molecule has 2 aromatic rings. The molecule has 2 rings (SSSR count). The molecule has 0 aliphatic rings. The topological polar surface area (TPSA) is 75.4 Å². The molecule has 1 heterocycles. The highest BCUT2D eigenvalue weighted by Crippen LogP contribution is 2.35. The second-order valence-corrected chi connectivity index (χ2v) is 5.86. The monoisotopic (exact) mass is 280 g/mol. The molecule has 0 bridgehead atoms. The molecule has 2 N–H and O–H groups in total. The van der Waals surface area contributed by atoms with Gasteiger partial charge in [-0.25, -0.2) is 4.68 Å². The van der Waals surface area contributed by atoms with Gasteiger partial charge in [-0.15, -0.1) is 0 Å². The lowest BCUT2D eigenvalue weighted by atomic mass is 10.2. The Morgan fingerprint density at radius 2 is 1.89 bits per heavy atom.